The van der Waals surface area contributed by atoms with Crippen LogP contribution in [0.25, 0.3) is 0 Å². The van der Waals surface area contributed by atoms with Crippen molar-refractivity contribution in [2.75, 3.05) is 4.90 Å². The highest BCUT2D eigenvalue weighted by molar-refractivity contribution is 9.10. The molecule has 1 N–H and O–H groups in total. The number of hydrogen-bond donors (Lipinski definition) is 1. The number of rotatable bonds is 7. The zero-order valence-corrected chi connectivity index (χ0v) is 25.0. The molecule has 3 aromatic carbocycles. The van der Waals surface area contributed by atoms with Gasteiger partial charge in [0.2, 0.25) is 5.91 Å². The van der Waals surface area contributed by atoms with Gasteiger partial charge in [-0.2, -0.15) is 0 Å². The van der Waals surface area contributed by atoms with Gasteiger partial charge in [-0.1, -0.05) is 44.0 Å². The molecule has 0 bridgehead atoms. The molecule has 0 unspecified atom stereocenters. The Morgan fingerprint density at radius 1 is 0.811 bits per heavy atom. The number of nitrogens with zero attached hydrogens (tertiary/aromatic N) is 2. The molecular weight excluding hydrogens is 594 g/mol. The number of amides is 1. The normalized spacial score (nSPS) is 17.4. The summed E-state index contributed by atoms with van der Waals surface area (Å²) < 4.78 is 2.07. The second-order valence-corrected chi connectivity index (χ2v) is 12.9. The van der Waals surface area contributed by atoms with E-state index < -0.39 is 11.1 Å². The number of hydrogen-bond acceptors (Lipinski definition) is 3. The summed E-state index contributed by atoms with van der Waals surface area (Å²) in [6, 6.07) is 24.9. The highest BCUT2D eigenvalue weighted by Crippen LogP contribution is 2.38. The maximum Gasteiger partial charge on any atom is 0.220 e. The lowest BCUT2D eigenvalue weighted by Crippen LogP contribution is -2.62. The molecule has 37 heavy (non-hydrogen) atoms. The Hall–Kier alpha value is -2.19. The first-order valence-corrected chi connectivity index (χ1v) is 14.2. The fourth-order valence-electron chi connectivity index (χ4n) is 5.36. The number of benzene rings is 3. The minimum atomic E-state index is -0.495. The van der Waals surface area contributed by atoms with Crippen LogP contribution in [0.15, 0.2) is 81.7 Å². The predicted molar refractivity (Wildman–Crippen MR) is 157 cm³/mol. The number of nitrogens with one attached hydrogen (secondary N) is 1. The molecule has 0 spiro atoms. The van der Waals surface area contributed by atoms with Crippen LogP contribution >= 0.6 is 31.9 Å². The van der Waals surface area contributed by atoms with E-state index in [1.807, 2.05) is 52.0 Å². The summed E-state index contributed by atoms with van der Waals surface area (Å²) in [5.74, 6) is 0.0337. The molecule has 1 fully saturated rings. The lowest BCUT2D eigenvalue weighted by atomic mass is 9.79. The van der Waals surface area contributed by atoms with E-state index >= 15 is 0 Å². The third-order valence-corrected chi connectivity index (χ3v) is 8.02. The molecular formula is C30H34Br2N3O2. The number of carbonyl (C=O) groups excluding carboxylic acids is 1. The maximum atomic E-state index is 12.8. The van der Waals surface area contributed by atoms with E-state index in [1.54, 1.807) is 0 Å². The van der Waals surface area contributed by atoms with Crippen molar-refractivity contribution in [3.8, 4) is 0 Å². The van der Waals surface area contributed by atoms with Crippen molar-refractivity contribution in [3.05, 3.63) is 87.3 Å². The van der Waals surface area contributed by atoms with Crippen LogP contribution in [0, 0.1) is 0 Å². The van der Waals surface area contributed by atoms with Gasteiger partial charge >= 0.3 is 0 Å². The van der Waals surface area contributed by atoms with E-state index in [0.717, 1.165) is 31.6 Å². The summed E-state index contributed by atoms with van der Waals surface area (Å²) in [5, 5.41) is 17.0. The number of carbonyl (C=O) groups is 1. The molecule has 0 aromatic heterocycles. The second kappa shape index (κ2) is 11.3. The van der Waals surface area contributed by atoms with Crippen molar-refractivity contribution >= 4 is 54.8 Å². The number of anilines is 3. The molecule has 1 heterocycles. The monoisotopic (exact) mass is 626 g/mol. The molecule has 1 aliphatic rings. The van der Waals surface area contributed by atoms with E-state index in [-0.39, 0.29) is 11.9 Å². The van der Waals surface area contributed by atoms with Crippen LogP contribution < -0.4 is 10.2 Å². The molecule has 0 atom stereocenters. The van der Waals surface area contributed by atoms with Gasteiger partial charge in [0, 0.05) is 49.5 Å². The van der Waals surface area contributed by atoms with Crippen molar-refractivity contribution < 1.29 is 10.0 Å². The van der Waals surface area contributed by atoms with Gasteiger partial charge in [-0.15, -0.1) is 10.3 Å². The van der Waals surface area contributed by atoms with Crippen molar-refractivity contribution in [1.82, 2.24) is 10.4 Å². The van der Waals surface area contributed by atoms with E-state index in [1.165, 1.54) is 5.06 Å². The average molecular weight is 628 g/mol. The molecule has 5 nitrogen and oxygen atoms in total. The summed E-state index contributed by atoms with van der Waals surface area (Å²) in [6.45, 7) is 7.81. The highest BCUT2D eigenvalue weighted by atomic mass is 79.9. The van der Waals surface area contributed by atoms with Gasteiger partial charge in [-0.05, 0) is 113 Å². The molecule has 0 saturated carbocycles. The Labute approximate surface area is 237 Å². The molecule has 1 aliphatic heterocycles. The largest absolute Gasteiger partial charge is 0.353 e. The van der Waals surface area contributed by atoms with Gasteiger partial charge in [0.25, 0.3) is 0 Å². The quantitative estimate of drug-likeness (QED) is 0.288. The van der Waals surface area contributed by atoms with Crippen LogP contribution in [0.2, 0.25) is 0 Å². The van der Waals surface area contributed by atoms with E-state index in [4.69, 9.17) is 0 Å². The Morgan fingerprint density at radius 3 is 1.65 bits per heavy atom. The summed E-state index contributed by atoms with van der Waals surface area (Å²) >= 11 is 7.05. The number of piperidine rings is 1. The van der Waals surface area contributed by atoms with Gasteiger partial charge in [-0.3, -0.25) is 4.79 Å². The number of aryl methyl sites for hydroxylation is 1. The first-order chi connectivity index (χ1) is 17.4. The van der Waals surface area contributed by atoms with Gasteiger partial charge in [0.05, 0.1) is 0 Å². The van der Waals surface area contributed by atoms with Crippen LogP contribution in [0.5, 0.6) is 0 Å². The molecule has 1 radical (unpaired) electrons. The van der Waals surface area contributed by atoms with E-state index in [9.17, 15) is 10.0 Å². The number of halogens is 2. The minimum absolute atomic E-state index is 0.00968. The van der Waals surface area contributed by atoms with E-state index in [0.29, 0.717) is 25.7 Å². The lowest BCUT2D eigenvalue weighted by Gasteiger charge is -2.50. The molecule has 0 aliphatic carbocycles. The van der Waals surface area contributed by atoms with Crippen molar-refractivity contribution in [1.29, 1.82) is 0 Å². The average Bonchev–Trinajstić information content (AvgIpc) is 2.84. The molecule has 4 rings (SSSR count). The highest BCUT2D eigenvalue weighted by Gasteiger charge is 2.46. The molecule has 3 aromatic rings. The van der Waals surface area contributed by atoms with Gasteiger partial charge in [0.15, 0.2) is 0 Å². The maximum absolute atomic E-state index is 12.8. The molecule has 7 heteroatoms. The molecule has 195 valence electrons. The molecule has 1 saturated heterocycles. The van der Waals surface area contributed by atoms with Crippen LogP contribution in [-0.2, 0) is 16.4 Å². The van der Waals surface area contributed by atoms with Crippen LogP contribution in [0.1, 0.15) is 52.5 Å². The van der Waals surface area contributed by atoms with Gasteiger partial charge in [0.1, 0.15) is 0 Å². The Balaban J connectivity index is 1.42. The van der Waals surface area contributed by atoms with Crippen molar-refractivity contribution in [3.63, 3.8) is 0 Å². The minimum Gasteiger partial charge on any atom is -0.353 e. The Morgan fingerprint density at radius 2 is 1.22 bits per heavy atom. The number of hydroxylamine groups is 2. The summed E-state index contributed by atoms with van der Waals surface area (Å²) in [6.07, 6.45) is 2.39. The first-order valence-electron chi connectivity index (χ1n) is 12.6. The first kappa shape index (κ1) is 27.8. The third-order valence-electron chi connectivity index (χ3n) is 6.96. The fourth-order valence-corrected chi connectivity index (χ4v) is 5.89. The standard InChI is InChI=1S/C30H34Br2N3O2/c1-29(2)19-24(20-30(3,4)35(29)37)33-28(36)18-7-21-5-12-25(13-6-21)34(26-14-8-22(31)9-15-26)27-16-10-23(32)11-17-27/h5-6,8-17,24H,7,18-20H2,1-4H3,(H,33,36). The fraction of sp³-hybridized carbons (Fsp3) is 0.367. The zero-order valence-electron chi connectivity index (χ0n) is 21.8. The summed E-state index contributed by atoms with van der Waals surface area (Å²) in [5.41, 5.74) is 3.29. The Kier molecular flexibility index (Phi) is 8.48. The van der Waals surface area contributed by atoms with Crippen LogP contribution in [0.3, 0.4) is 0 Å². The molecule has 1 amide bonds. The van der Waals surface area contributed by atoms with Crippen LogP contribution in [-0.4, -0.2) is 28.1 Å². The zero-order chi connectivity index (χ0) is 26.8. The smallest absolute Gasteiger partial charge is 0.220 e. The topological polar surface area (TPSA) is 55.5 Å². The second-order valence-electron chi connectivity index (χ2n) is 11.0. The lowest BCUT2D eigenvalue weighted by molar-refractivity contribution is -0.290. The van der Waals surface area contributed by atoms with Crippen LogP contribution in [0.4, 0.5) is 17.1 Å². The summed E-state index contributed by atoms with van der Waals surface area (Å²) in [7, 11) is 0. The Bertz CT molecular complexity index is 1150. The third kappa shape index (κ3) is 6.82. The van der Waals surface area contributed by atoms with Crippen molar-refractivity contribution in [2.45, 2.75) is 70.5 Å². The predicted octanol–water partition coefficient (Wildman–Crippen LogP) is 8.10. The van der Waals surface area contributed by atoms with Gasteiger partial charge in [-0.25, -0.2) is 0 Å². The van der Waals surface area contributed by atoms with E-state index in [2.05, 4.69) is 90.6 Å². The summed E-state index contributed by atoms with van der Waals surface area (Å²) in [4.78, 5) is 15.0. The van der Waals surface area contributed by atoms with Gasteiger partial charge < -0.3 is 10.2 Å². The van der Waals surface area contributed by atoms with Crippen molar-refractivity contribution in [2.24, 2.45) is 0 Å². The SMILES string of the molecule is CC1(C)CC(NC(=O)CCc2ccc(N(c3ccc(Br)cc3)c3ccc(Br)cc3)cc2)CC(C)(C)N1[O].